The number of para-hydroxylation sites is 1. The molecule has 1 rings (SSSR count). The van der Waals surface area contributed by atoms with Crippen LogP contribution in [0.1, 0.15) is 20.3 Å². The summed E-state index contributed by atoms with van der Waals surface area (Å²) in [5.41, 5.74) is 9.53. The Hall–Kier alpha value is -1.67. The van der Waals surface area contributed by atoms with Crippen LogP contribution in [0.5, 0.6) is 5.75 Å². The molecule has 2 unspecified atom stereocenters. The fourth-order valence-electron chi connectivity index (χ4n) is 1.70. The molecule has 1 aromatic rings. The molecule has 0 saturated carbocycles. The number of nitro benzene ring substituents is 1. The molecule has 110 valence electrons. The first-order chi connectivity index (χ1) is 9.15. The quantitative estimate of drug-likeness (QED) is 0.600. The van der Waals surface area contributed by atoms with E-state index in [1.165, 1.54) is 19.1 Å². The summed E-state index contributed by atoms with van der Waals surface area (Å²) in [5.74, 6) is -0.556. The number of carbonyl (C=O) groups is 1. The van der Waals surface area contributed by atoms with Crippen molar-refractivity contribution in [3.8, 4) is 5.75 Å². The maximum Gasteiger partial charge on any atom is 0.312 e. The summed E-state index contributed by atoms with van der Waals surface area (Å²) in [4.78, 5) is 21.6. The van der Waals surface area contributed by atoms with E-state index in [0.29, 0.717) is 4.47 Å². The molecule has 0 aliphatic carbocycles. The Morgan fingerprint density at radius 2 is 2.20 bits per heavy atom. The summed E-state index contributed by atoms with van der Waals surface area (Å²) in [6.45, 7) is 3.15. The summed E-state index contributed by atoms with van der Waals surface area (Å²) in [6.07, 6.45) is -0.379. The molecule has 0 saturated heterocycles. The lowest BCUT2D eigenvalue weighted by atomic mass is 9.95. The molecular formula is C12H16BrN3O4. The zero-order chi connectivity index (χ0) is 15.5. The van der Waals surface area contributed by atoms with E-state index in [-0.39, 0.29) is 17.9 Å². The summed E-state index contributed by atoms with van der Waals surface area (Å²) >= 11 is 3.20. The van der Waals surface area contributed by atoms with E-state index < -0.39 is 22.5 Å². The molecular weight excluding hydrogens is 330 g/mol. The standard InChI is InChI=1S/C12H16BrN3O4/c1-7(6-12(2,15)11(14)17)20-10-8(13)4-3-5-9(10)16(18)19/h3-5,7H,6,15H2,1-2H3,(H2,14,17). The molecule has 4 N–H and O–H groups in total. The van der Waals surface area contributed by atoms with E-state index in [0.717, 1.165) is 0 Å². The van der Waals surface area contributed by atoms with E-state index in [4.69, 9.17) is 16.2 Å². The van der Waals surface area contributed by atoms with E-state index in [1.54, 1.807) is 13.0 Å². The first kappa shape index (κ1) is 16.4. The van der Waals surface area contributed by atoms with Crippen LogP contribution < -0.4 is 16.2 Å². The summed E-state index contributed by atoms with van der Waals surface area (Å²) in [5, 5.41) is 11.0. The van der Waals surface area contributed by atoms with Crippen LogP contribution >= 0.6 is 15.9 Å². The van der Waals surface area contributed by atoms with Crippen LogP contribution in [0.2, 0.25) is 0 Å². The Morgan fingerprint density at radius 3 is 2.70 bits per heavy atom. The van der Waals surface area contributed by atoms with Gasteiger partial charge in [-0.1, -0.05) is 6.07 Å². The van der Waals surface area contributed by atoms with Gasteiger partial charge in [-0.25, -0.2) is 0 Å². The van der Waals surface area contributed by atoms with Gasteiger partial charge in [0.05, 0.1) is 21.0 Å². The van der Waals surface area contributed by atoms with Crippen LogP contribution in [-0.2, 0) is 4.79 Å². The second-order valence-corrected chi connectivity index (χ2v) is 5.61. The minimum absolute atomic E-state index is 0.102. The van der Waals surface area contributed by atoms with Gasteiger partial charge in [0.2, 0.25) is 11.7 Å². The Morgan fingerprint density at radius 1 is 1.60 bits per heavy atom. The van der Waals surface area contributed by atoms with Crippen molar-refractivity contribution in [1.82, 2.24) is 0 Å². The van der Waals surface area contributed by atoms with Crippen LogP contribution in [0.4, 0.5) is 5.69 Å². The second-order valence-electron chi connectivity index (χ2n) is 4.76. The molecule has 0 bridgehead atoms. The molecule has 0 aliphatic rings. The summed E-state index contributed by atoms with van der Waals surface area (Å²) < 4.78 is 6.00. The molecule has 1 amide bonds. The molecule has 0 aromatic heterocycles. The number of halogens is 1. The number of hydrogen-bond acceptors (Lipinski definition) is 5. The number of ether oxygens (including phenoxy) is 1. The highest BCUT2D eigenvalue weighted by atomic mass is 79.9. The van der Waals surface area contributed by atoms with E-state index in [2.05, 4.69) is 15.9 Å². The predicted molar refractivity (Wildman–Crippen MR) is 77.3 cm³/mol. The SMILES string of the molecule is CC(CC(C)(N)C(N)=O)Oc1c(Br)cccc1[N+](=O)[O-]. The first-order valence-corrected chi connectivity index (χ1v) is 6.63. The van der Waals surface area contributed by atoms with Gasteiger partial charge in [-0.2, -0.15) is 0 Å². The van der Waals surface area contributed by atoms with Crippen molar-refractivity contribution in [2.75, 3.05) is 0 Å². The molecule has 1 aromatic carbocycles. The minimum atomic E-state index is -1.24. The monoisotopic (exact) mass is 345 g/mol. The lowest BCUT2D eigenvalue weighted by molar-refractivity contribution is -0.386. The molecule has 0 radical (unpaired) electrons. The number of carbonyl (C=O) groups excluding carboxylic acids is 1. The number of nitrogens with two attached hydrogens (primary N) is 2. The number of hydrogen-bond donors (Lipinski definition) is 2. The molecule has 0 heterocycles. The Bertz CT molecular complexity index is 533. The van der Waals surface area contributed by atoms with Crippen LogP contribution in [-0.4, -0.2) is 22.5 Å². The summed E-state index contributed by atoms with van der Waals surface area (Å²) in [7, 11) is 0. The fourth-order valence-corrected chi connectivity index (χ4v) is 2.15. The Labute approximate surface area is 124 Å². The largest absolute Gasteiger partial charge is 0.483 e. The van der Waals surface area contributed by atoms with Crippen molar-refractivity contribution in [3.05, 3.63) is 32.8 Å². The smallest absolute Gasteiger partial charge is 0.312 e. The van der Waals surface area contributed by atoms with Crippen molar-refractivity contribution < 1.29 is 14.5 Å². The molecule has 20 heavy (non-hydrogen) atoms. The van der Waals surface area contributed by atoms with Crippen molar-refractivity contribution in [1.29, 1.82) is 0 Å². The van der Waals surface area contributed by atoms with Crippen LogP contribution in [0.3, 0.4) is 0 Å². The molecule has 0 fully saturated rings. The maximum atomic E-state index is 11.2. The average molecular weight is 346 g/mol. The Balaban J connectivity index is 2.94. The number of rotatable bonds is 6. The fraction of sp³-hybridized carbons (Fsp3) is 0.417. The van der Waals surface area contributed by atoms with Gasteiger partial charge in [0, 0.05) is 12.5 Å². The van der Waals surface area contributed by atoms with Crippen molar-refractivity contribution >= 4 is 27.5 Å². The highest BCUT2D eigenvalue weighted by Gasteiger charge is 2.30. The third-order valence-corrected chi connectivity index (χ3v) is 3.36. The van der Waals surface area contributed by atoms with Gasteiger partial charge >= 0.3 is 5.69 Å². The van der Waals surface area contributed by atoms with E-state index in [1.807, 2.05) is 0 Å². The van der Waals surface area contributed by atoms with E-state index in [9.17, 15) is 14.9 Å². The van der Waals surface area contributed by atoms with Gasteiger partial charge in [0.15, 0.2) is 0 Å². The number of amides is 1. The van der Waals surface area contributed by atoms with E-state index >= 15 is 0 Å². The van der Waals surface area contributed by atoms with Gasteiger partial charge in [0.1, 0.15) is 0 Å². The average Bonchev–Trinajstić information content (AvgIpc) is 2.30. The van der Waals surface area contributed by atoms with Gasteiger partial charge in [-0.15, -0.1) is 0 Å². The Kier molecular flexibility index (Phi) is 5.07. The van der Waals surface area contributed by atoms with Crippen molar-refractivity contribution in [3.63, 3.8) is 0 Å². The minimum Gasteiger partial charge on any atom is -0.483 e. The molecule has 7 nitrogen and oxygen atoms in total. The number of nitro groups is 1. The van der Waals surface area contributed by atoms with Gasteiger partial charge in [-0.3, -0.25) is 14.9 Å². The molecule has 2 atom stereocenters. The van der Waals surface area contributed by atoms with Gasteiger partial charge in [0.25, 0.3) is 0 Å². The normalized spacial score (nSPS) is 15.2. The number of primary amides is 1. The van der Waals surface area contributed by atoms with Gasteiger partial charge in [-0.05, 0) is 35.8 Å². The lowest BCUT2D eigenvalue weighted by Crippen LogP contribution is -2.51. The van der Waals surface area contributed by atoms with Crippen molar-refractivity contribution in [2.24, 2.45) is 11.5 Å². The second kappa shape index (κ2) is 6.19. The topological polar surface area (TPSA) is 121 Å². The van der Waals surface area contributed by atoms with Crippen LogP contribution in [0.25, 0.3) is 0 Å². The highest BCUT2D eigenvalue weighted by molar-refractivity contribution is 9.10. The molecule has 0 spiro atoms. The van der Waals surface area contributed by atoms with Gasteiger partial charge < -0.3 is 16.2 Å². The third kappa shape index (κ3) is 3.91. The lowest BCUT2D eigenvalue weighted by Gasteiger charge is -2.25. The van der Waals surface area contributed by atoms with Crippen LogP contribution in [0, 0.1) is 10.1 Å². The summed E-state index contributed by atoms with van der Waals surface area (Å²) in [6, 6.07) is 4.50. The number of nitrogens with zero attached hydrogens (tertiary/aromatic N) is 1. The molecule has 8 heteroatoms. The predicted octanol–water partition coefficient (Wildman–Crippen LogP) is 1.72. The first-order valence-electron chi connectivity index (χ1n) is 5.83. The third-order valence-electron chi connectivity index (χ3n) is 2.74. The van der Waals surface area contributed by atoms with Crippen LogP contribution in [0.15, 0.2) is 22.7 Å². The number of benzene rings is 1. The molecule has 0 aliphatic heterocycles. The maximum absolute atomic E-state index is 11.2. The van der Waals surface area contributed by atoms with Crippen molar-refractivity contribution in [2.45, 2.75) is 31.9 Å². The highest BCUT2D eigenvalue weighted by Crippen LogP contribution is 2.35. The zero-order valence-corrected chi connectivity index (χ0v) is 12.7. The zero-order valence-electron chi connectivity index (χ0n) is 11.1.